The largest absolute Gasteiger partial charge is 0.340 e. The molecule has 13 heavy (non-hydrogen) atoms. The monoisotopic (exact) mass is 190 g/mol. The third kappa shape index (κ3) is 1.41. The normalized spacial score (nSPS) is 26.0. The number of nitrogens with zero attached hydrogens (tertiary/aromatic N) is 1. The third-order valence-electron chi connectivity index (χ3n) is 2.77. The molecule has 1 aliphatic carbocycles. The van der Waals surface area contributed by atoms with Crippen molar-refractivity contribution in [3.8, 4) is 0 Å². The van der Waals surface area contributed by atoms with E-state index >= 15 is 0 Å². The van der Waals surface area contributed by atoms with Gasteiger partial charge in [0.1, 0.15) is 0 Å². The first kappa shape index (κ1) is 8.87. The molecule has 2 rings (SSSR count). The number of amides is 1. The summed E-state index contributed by atoms with van der Waals surface area (Å²) in [6.07, 6.45) is -0.916. The fraction of sp³-hybridized carbons (Fsp3) is 0.875. The molecule has 2 aliphatic rings. The minimum Gasteiger partial charge on any atom is -0.340 e. The lowest BCUT2D eigenvalue weighted by Crippen LogP contribution is -2.58. The van der Waals surface area contributed by atoms with E-state index in [9.17, 15) is 13.6 Å². The second kappa shape index (κ2) is 2.64. The van der Waals surface area contributed by atoms with Crippen LogP contribution in [0.15, 0.2) is 0 Å². The van der Waals surface area contributed by atoms with Gasteiger partial charge < -0.3 is 10.6 Å². The van der Waals surface area contributed by atoms with Crippen LogP contribution < -0.4 is 5.73 Å². The molecule has 5 heteroatoms. The Morgan fingerprint density at radius 2 is 2.00 bits per heavy atom. The molecule has 1 amide bonds. The Morgan fingerprint density at radius 1 is 1.46 bits per heavy atom. The fourth-order valence-electron chi connectivity index (χ4n) is 1.50. The minimum absolute atomic E-state index is 0.149. The van der Waals surface area contributed by atoms with E-state index in [4.69, 9.17) is 5.73 Å². The highest BCUT2D eigenvalue weighted by Crippen LogP contribution is 2.36. The van der Waals surface area contributed by atoms with Gasteiger partial charge in [-0.2, -0.15) is 0 Å². The standard InChI is InChI=1S/C8H12F2N2O/c9-6(10)5-3-12(4-5)7(13)8(11)1-2-8/h5-6H,1-4,11H2. The zero-order valence-electron chi connectivity index (χ0n) is 7.17. The van der Waals surface area contributed by atoms with Crippen molar-refractivity contribution in [1.82, 2.24) is 4.90 Å². The van der Waals surface area contributed by atoms with Gasteiger partial charge in [-0.05, 0) is 12.8 Å². The van der Waals surface area contributed by atoms with Crippen LogP contribution >= 0.6 is 0 Å². The molecular weight excluding hydrogens is 178 g/mol. The zero-order chi connectivity index (χ0) is 9.64. The maximum Gasteiger partial charge on any atom is 0.244 e. The van der Waals surface area contributed by atoms with Crippen molar-refractivity contribution in [3.05, 3.63) is 0 Å². The third-order valence-corrected chi connectivity index (χ3v) is 2.77. The Balaban J connectivity index is 1.83. The summed E-state index contributed by atoms with van der Waals surface area (Å²) in [5.74, 6) is -0.782. The molecule has 0 atom stereocenters. The van der Waals surface area contributed by atoms with Gasteiger partial charge in [0, 0.05) is 13.1 Å². The fourth-order valence-corrected chi connectivity index (χ4v) is 1.50. The van der Waals surface area contributed by atoms with Crippen molar-refractivity contribution in [2.24, 2.45) is 11.7 Å². The lowest BCUT2D eigenvalue weighted by Gasteiger charge is -2.40. The second-order valence-corrected chi connectivity index (χ2v) is 3.96. The lowest BCUT2D eigenvalue weighted by molar-refractivity contribution is -0.144. The van der Waals surface area contributed by atoms with Gasteiger partial charge in [0.15, 0.2) is 0 Å². The number of hydrogen-bond acceptors (Lipinski definition) is 2. The Hall–Kier alpha value is -0.710. The number of halogens is 2. The molecule has 0 unspecified atom stereocenters. The summed E-state index contributed by atoms with van der Waals surface area (Å²) >= 11 is 0. The van der Waals surface area contributed by atoms with E-state index in [-0.39, 0.29) is 19.0 Å². The minimum atomic E-state index is -2.31. The molecule has 0 aromatic heterocycles. The highest BCUT2D eigenvalue weighted by Gasteiger charge is 2.51. The van der Waals surface area contributed by atoms with Crippen LogP contribution in [-0.2, 0) is 4.79 Å². The molecule has 0 aromatic rings. The second-order valence-electron chi connectivity index (χ2n) is 3.96. The molecular formula is C8H12F2N2O. The van der Waals surface area contributed by atoms with Crippen LogP contribution in [0.2, 0.25) is 0 Å². The van der Waals surface area contributed by atoms with Crippen LogP contribution in [-0.4, -0.2) is 35.9 Å². The SMILES string of the molecule is NC1(C(=O)N2CC(C(F)F)C2)CC1. The molecule has 0 radical (unpaired) electrons. The van der Waals surface area contributed by atoms with Gasteiger partial charge >= 0.3 is 0 Å². The molecule has 2 N–H and O–H groups in total. The maximum atomic E-state index is 12.1. The van der Waals surface area contributed by atoms with E-state index in [0.717, 1.165) is 0 Å². The average molecular weight is 190 g/mol. The van der Waals surface area contributed by atoms with Crippen molar-refractivity contribution in [2.75, 3.05) is 13.1 Å². The van der Waals surface area contributed by atoms with Crippen molar-refractivity contribution < 1.29 is 13.6 Å². The van der Waals surface area contributed by atoms with Crippen molar-refractivity contribution in [3.63, 3.8) is 0 Å². The summed E-state index contributed by atoms with van der Waals surface area (Å²) in [7, 11) is 0. The molecule has 1 saturated heterocycles. The number of likely N-dealkylation sites (tertiary alicyclic amines) is 1. The topological polar surface area (TPSA) is 46.3 Å². The molecule has 0 spiro atoms. The van der Waals surface area contributed by atoms with Crippen molar-refractivity contribution in [2.45, 2.75) is 24.8 Å². The van der Waals surface area contributed by atoms with Gasteiger partial charge in [-0.25, -0.2) is 8.78 Å². The van der Waals surface area contributed by atoms with Crippen LogP contribution in [0.3, 0.4) is 0 Å². The number of rotatable bonds is 2. The van der Waals surface area contributed by atoms with E-state index in [0.29, 0.717) is 12.8 Å². The Kier molecular flexibility index (Phi) is 1.80. The maximum absolute atomic E-state index is 12.1. The van der Waals surface area contributed by atoms with E-state index < -0.39 is 17.9 Å². The molecule has 0 aromatic carbocycles. The number of hydrogen-bond donors (Lipinski definition) is 1. The molecule has 1 heterocycles. The van der Waals surface area contributed by atoms with Gasteiger partial charge in [-0.1, -0.05) is 0 Å². The summed E-state index contributed by atoms with van der Waals surface area (Å²) in [4.78, 5) is 12.9. The predicted molar refractivity (Wildman–Crippen MR) is 42.2 cm³/mol. The molecule has 3 nitrogen and oxygen atoms in total. The highest BCUT2D eigenvalue weighted by molar-refractivity contribution is 5.89. The van der Waals surface area contributed by atoms with Crippen LogP contribution in [0.25, 0.3) is 0 Å². The summed E-state index contributed by atoms with van der Waals surface area (Å²) in [5, 5.41) is 0. The van der Waals surface area contributed by atoms with Crippen LogP contribution in [0.1, 0.15) is 12.8 Å². The van der Waals surface area contributed by atoms with Crippen LogP contribution in [0.4, 0.5) is 8.78 Å². The van der Waals surface area contributed by atoms with Crippen LogP contribution in [0, 0.1) is 5.92 Å². The Bertz CT molecular complexity index is 234. The Labute approximate surface area is 74.9 Å². The van der Waals surface area contributed by atoms with E-state index in [1.54, 1.807) is 0 Å². The lowest BCUT2D eigenvalue weighted by atomic mass is 9.99. The summed E-state index contributed by atoms with van der Waals surface area (Å²) in [5.41, 5.74) is 4.94. The first-order chi connectivity index (χ1) is 6.03. The van der Waals surface area contributed by atoms with Gasteiger partial charge in [0.2, 0.25) is 12.3 Å². The number of alkyl halides is 2. The zero-order valence-corrected chi connectivity index (χ0v) is 7.17. The summed E-state index contributed by atoms with van der Waals surface area (Å²) in [6, 6.07) is 0. The van der Waals surface area contributed by atoms with E-state index in [2.05, 4.69) is 0 Å². The first-order valence-electron chi connectivity index (χ1n) is 4.39. The first-order valence-corrected chi connectivity index (χ1v) is 4.39. The summed E-state index contributed by atoms with van der Waals surface area (Å²) in [6.45, 7) is 0.352. The number of carbonyl (C=O) groups excluding carboxylic acids is 1. The van der Waals surface area contributed by atoms with Crippen molar-refractivity contribution in [1.29, 1.82) is 0 Å². The molecule has 1 saturated carbocycles. The number of nitrogens with two attached hydrogens (primary N) is 1. The average Bonchev–Trinajstić information content (AvgIpc) is 2.64. The van der Waals surface area contributed by atoms with Gasteiger partial charge in [-0.15, -0.1) is 0 Å². The quantitative estimate of drug-likeness (QED) is 0.676. The smallest absolute Gasteiger partial charge is 0.244 e. The van der Waals surface area contributed by atoms with E-state index in [1.807, 2.05) is 0 Å². The van der Waals surface area contributed by atoms with E-state index in [1.165, 1.54) is 4.90 Å². The van der Waals surface area contributed by atoms with Crippen LogP contribution in [0.5, 0.6) is 0 Å². The Morgan fingerprint density at radius 3 is 2.38 bits per heavy atom. The highest BCUT2D eigenvalue weighted by atomic mass is 19.3. The molecule has 1 aliphatic heterocycles. The molecule has 74 valence electrons. The molecule has 2 fully saturated rings. The predicted octanol–water partition coefficient (Wildman–Crippen LogP) is 0.201. The summed E-state index contributed by atoms with van der Waals surface area (Å²) < 4.78 is 24.1. The van der Waals surface area contributed by atoms with Crippen molar-refractivity contribution >= 4 is 5.91 Å². The number of carbonyl (C=O) groups is 1. The van der Waals surface area contributed by atoms with Gasteiger partial charge in [-0.3, -0.25) is 4.79 Å². The van der Waals surface area contributed by atoms with Gasteiger partial charge in [0.05, 0.1) is 11.5 Å². The molecule has 0 bridgehead atoms. The van der Waals surface area contributed by atoms with Gasteiger partial charge in [0.25, 0.3) is 0 Å².